The number of esters is 1. The maximum absolute atomic E-state index is 13.2. The molecular weight excluding hydrogens is 291 g/mol. The number of fused-ring (bicyclic) bond motifs is 1. The van der Waals surface area contributed by atoms with E-state index in [-0.39, 0.29) is 24.3 Å². The van der Waals surface area contributed by atoms with Gasteiger partial charge in [0, 0.05) is 13.0 Å². The number of H-pyrrole nitrogens is 1. The van der Waals surface area contributed by atoms with Crippen molar-refractivity contribution < 1.29 is 13.9 Å². The summed E-state index contributed by atoms with van der Waals surface area (Å²) in [6.45, 7) is 2.22. The van der Waals surface area contributed by atoms with Crippen LogP contribution < -0.4 is 11.2 Å². The van der Waals surface area contributed by atoms with Crippen molar-refractivity contribution in [3.05, 3.63) is 44.9 Å². The van der Waals surface area contributed by atoms with Crippen molar-refractivity contribution in [2.75, 3.05) is 6.61 Å². The molecule has 0 aliphatic carbocycles. The molecule has 1 aromatic heterocycles. The van der Waals surface area contributed by atoms with Crippen LogP contribution in [0.1, 0.15) is 26.2 Å². The predicted octanol–water partition coefficient (Wildman–Crippen LogP) is 1.56. The normalized spacial score (nSPS) is 10.8. The van der Waals surface area contributed by atoms with E-state index in [0.717, 1.165) is 10.6 Å². The smallest absolute Gasteiger partial charge is 0.328 e. The van der Waals surface area contributed by atoms with Crippen molar-refractivity contribution in [3.63, 3.8) is 0 Å². The van der Waals surface area contributed by atoms with Crippen LogP contribution in [0.4, 0.5) is 4.39 Å². The van der Waals surface area contributed by atoms with Gasteiger partial charge < -0.3 is 9.72 Å². The number of aromatic nitrogens is 2. The van der Waals surface area contributed by atoms with Gasteiger partial charge in [-0.25, -0.2) is 9.18 Å². The highest BCUT2D eigenvalue weighted by atomic mass is 19.1. The highest BCUT2D eigenvalue weighted by Crippen LogP contribution is 2.07. The quantitative estimate of drug-likeness (QED) is 0.648. The first kappa shape index (κ1) is 15.9. The van der Waals surface area contributed by atoms with Gasteiger partial charge in [-0.3, -0.25) is 14.2 Å². The number of hydrogen-bond acceptors (Lipinski definition) is 4. The zero-order chi connectivity index (χ0) is 16.1. The topological polar surface area (TPSA) is 81.2 Å². The monoisotopic (exact) mass is 308 g/mol. The largest absolute Gasteiger partial charge is 0.466 e. The van der Waals surface area contributed by atoms with E-state index < -0.39 is 17.1 Å². The summed E-state index contributed by atoms with van der Waals surface area (Å²) < 4.78 is 19.0. The first-order valence-corrected chi connectivity index (χ1v) is 7.11. The Morgan fingerprint density at radius 1 is 1.32 bits per heavy atom. The summed E-state index contributed by atoms with van der Waals surface area (Å²) in [6.07, 6.45) is 1.22. The molecule has 0 aliphatic rings. The molecule has 1 aromatic carbocycles. The summed E-state index contributed by atoms with van der Waals surface area (Å²) in [5.74, 6) is -0.838. The number of rotatable bonds is 6. The van der Waals surface area contributed by atoms with Gasteiger partial charge in [-0.1, -0.05) is 0 Å². The lowest BCUT2D eigenvalue weighted by molar-refractivity contribution is -0.143. The number of carbonyl (C=O) groups is 1. The van der Waals surface area contributed by atoms with E-state index in [0.29, 0.717) is 25.0 Å². The molecular formula is C15H17FN2O4. The van der Waals surface area contributed by atoms with E-state index in [2.05, 4.69) is 4.98 Å². The maximum Gasteiger partial charge on any atom is 0.328 e. The van der Waals surface area contributed by atoms with Crippen molar-refractivity contribution in [1.29, 1.82) is 0 Å². The third-order valence-electron chi connectivity index (χ3n) is 3.26. The number of nitrogens with one attached hydrogen (secondary N) is 1. The zero-order valence-electron chi connectivity index (χ0n) is 12.2. The standard InChI is InChI=1S/C15H17FN2O4/c1-2-22-13(19)5-3-4-8-18-14(20)11-9-10(16)6-7-12(11)17-15(18)21/h6-7,9H,2-5,8H2,1H3,(H,17,21). The number of benzene rings is 1. The molecule has 118 valence electrons. The van der Waals surface area contributed by atoms with Gasteiger partial charge in [0.25, 0.3) is 5.56 Å². The third-order valence-corrected chi connectivity index (χ3v) is 3.26. The summed E-state index contributed by atoms with van der Waals surface area (Å²) in [7, 11) is 0. The van der Waals surface area contributed by atoms with Gasteiger partial charge in [0.05, 0.1) is 17.5 Å². The Labute approximate surface area is 125 Å². The van der Waals surface area contributed by atoms with E-state index in [9.17, 15) is 18.8 Å². The van der Waals surface area contributed by atoms with Crippen LogP contribution in [0.5, 0.6) is 0 Å². The van der Waals surface area contributed by atoms with Crippen LogP contribution in [0.15, 0.2) is 27.8 Å². The molecule has 0 radical (unpaired) electrons. The van der Waals surface area contributed by atoms with E-state index >= 15 is 0 Å². The zero-order valence-corrected chi connectivity index (χ0v) is 12.2. The SMILES string of the molecule is CCOC(=O)CCCCn1c(=O)[nH]c2ccc(F)cc2c1=O. The summed E-state index contributed by atoms with van der Waals surface area (Å²) in [4.78, 5) is 37.9. The number of nitrogens with zero attached hydrogens (tertiary/aromatic N) is 1. The Balaban J connectivity index is 2.13. The molecule has 22 heavy (non-hydrogen) atoms. The highest BCUT2D eigenvalue weighted by Gasteiger charge is 2.09. The van der Waals surface area contributed by atoms with E-state index in [4.69, 9.17) is 4.74 Å². The molecule has 0 saturated carbocycles. The first-order chi connectivity index (χ1) is 10.5. The number of carbonyl (C=O) groups excluding carboxylic acids is 1. The second-order valence-electron chi connectivity index (χ2n) is 4.84. The molecule has 1 heterocycles. The molecule has 0 aliphatic heterocycles. The van der Waals surface area contributed by atoms with Gasteiger partial charge in [0.1, 0.15) is 5.82 Å². The van der Waals surface area contributed by atoms with Crippen molar-refractivity contribution in [3.8, 4) is 0 Å². The summed E-state index contributed by atoms with van der Waals surface area (Å²) in [5, 5.41) is 0.130. The Morgan fingerprint density at radius 3 is 2.82 bits per heavy atom. The molecule has 7 heteroatoms. The molecule has 2 aromatic rings. The van der Waals surface area contributed by atoms with Crippen molar-refractivity contribution in [1.82, 2.24) is 9.55 Å². The molecule has 0 unspecified atom stereocenters. The van der Waals surface area contributed by atoms with Crippen molar-refractivity contribution >= 4 is 16.9 Å². The van der Waals surface area contributed by atoms with Gasteiger partial charge in [-0.15, -0.1) is 0 Å². The van der Waals surface area contributed by atoms with Crippen LogP contribution in [0.3, 0.4) is 0 Å². The maximum atomic E-state index is 13.2. The van der Waals surface area contributed by atoms with Gasteiger partial charge in [-0.2, -0.15) is 0 Å². The van der Waals surface area contributed by atoms with Crippen LogP contribution >= 0.6 is 0 Å². The average Bonchev–Trinajstić information content (AvgIpc) is 2.47. The number of ether oxygens (including phenoxy) is 1. The van der Waals surface area contributed by atoms with Crippen molar-refractivity contribution in [2.24, 2.45) is 0 Å². The summed E-state index contributed by atoms with van der Waals surface area (Å²) >= 11 is 0. The Hall–Kier alpha value is -2.44. The fraction of sp³-hybridized carbons (Fsp3) is 0.400. The van der Waals surface area contributed by atoms with E-state index in [1.54, 1.807) is 6.92 Å². The lowest BCUT2D eigenvalue weighted by Gasteiger charge is -2.06. The Bertz CT molecular complexity index is 794. The highest BCUT2D eigenvalue weighted by molar-refractivity contribution is 5.77. The van der Waals surface area contributed by atoms with Crippen molar-refractivity contribution in [2.45, 2.75) is 32.7 Å². The minimum absolute atomic E-state index is 0.130. The van der Waals surface area contributed by atoms with Crippen LogP contribution in [-0.2, 0) is 16.1 Å². The molecule has 0 amide bonds. The predicted molar refractivity (Wildman–Crippen MR) is 79.3 cm³/mol. The minimum atomic E-state index is -0.541. The number of halogens is 1. The average molecular weight is 308 g/mol. The second-order valence-corrected chi connectivity index (χ2v) is 4.84. The van der Waals surface area contributed by atoms with Crippen LogP contribution in [-0.4, -0.2) is 22.1 Å². The first-order valence-electron chi connectivity index (χ1n) is 7.11. The van der Waals surface area contributed by atoms with E-state index in [1.807, 2.05) is 0 Å². The number of aromatic amines is 1. The fourth-order valence-corrected chi connectivity index (χ4v) is 2.20. The molecule has 1 N–H and O–H groups in total. The Kier molecular flexibility index (Phi) is 5.08. The molecule has 0 saturated heterocycles. The molecule has 2 rings (SSSR count). The van der Waals surface area contributed by atoms with Gasteiger partial charge >= 0.3 is 11.7 Å². The minimum Gasteiger partial charge on any atom is -0.466 e. The van der Waals surface area contributed by atoms with Crippen LogP contribution in [0.2, 0.25) is 0 Å². The molecule has 0 atom stereocenters. The lowest BCUT2D eigenvalue weighted by Crippen LogP contribution is -2.35. The van der Waals surface area contributed by atoms with Gasteiger partial charge in [0.15, 0.2) is 0 Å². The second kappa shape index (κ2) is 7.02. The number of unbranched alkanes of at least 4 members (excludes halogenated alkanes) is 1. The Morgan fingerprint density at radius 2 is 2.09 bits per heavy atom. The molecule has 0 spiro atoms. The third kappa shape index (κ3) is 3.60. The lowest BCUT2D eigenvalue weighted by atomic mass is 10.2. The molecule has 6 nitrogen and oxygen atoms in total. The molecule has 0 fully saturated rings. The van der Waals surface area contributed by atoms with Crippen LogP contribution in [0.25, 0.3) is 10.9 Å². The van der Waals surface area contributed by atoms with Crippen LogP contribution in [0, 0.1) is 5.82 Å². The van der Waals surface area contributed by atoms with E-state index in [1.165, 1.54) is 12.1 Å². The summed E-state index contributed by atoms with van der Waals surface area (Å²) in [6, 6.07) is 3.64. The number of hydrogen-bond donors (Lipinski definition) is 1. The fourth-order valence-electron chi connectivity index (χ4n) is 2.20. The van der Waals surface area contributed by atoms with Gasteiger partial charge in [-0.05, 0) is 38.0 Å². The van der Waals surface area contributed by atoms with Gasteiger partial charge in [0.2, 0.25) is 0 Å². The summed E-state index contributed by atoms with van der Waals surface area (Å²) in [5.41, 5.74) is -0.770. The molecule has 0 bridgehead atoms.